The maximum Gasteiger partial charge on any atom is 0.308 e. The number of nitrogens with two attached hydrogens (primary N) is 1. The molecule has 0 saturated heterocycles. The zero-order valence-electron chi connectivity index (χ0n) is 6.61. The molecule has 0 fully saturated rings. The highest BCUT2D eigenvalue weighted by Crippen LogP contribution is 2.20. The Balaban J connectivity index is 2.76. The summed E-state index contributed by atoms with van der Waals surface area (Å²) in [5.41, 5.74) is 6.31. The van der Waals surface area contributed by atoms with Crippen LogP contribution in [0.25, 0.3) is 0 Å². The predicted molar refractivity (Wildman–Crippen MR) is 39.9 cm³/mol. The first-order chi connectivity index (χ1) is 5.11. The van der Waals surface area contributed by atoms with Gasteiger partial charge in [-0.2, -0.15) is 0 Å². The van der Waals surface area contributed by atoms with E-state index >= 15 is 0 Å². The molecule has 0 aliphatic rings. The van der Waals surface area contributed by atoms with E-state index in [1.807, 2.05) is 13.8 Å². The second-order valence-electron chi connectivity index (χ2n) is 2.86. The minimum absolute atomic E-state index is 0.167. The quantitative estimate of drug-likeness (QED) is 0.671. The molecule has 0 bridgehead atoms. The Morgan fingerprint density at radius 1 is 1.64 bits per heavy atom. The second kappa shape index (κ2) is 2.92. The van der Waals surface area contributed by atoms with E-state index in [9.17, 15) is 0 Å². The Kier molecular flexibility index (Phi) is 2.14. The highest BCUT2D eigenvalue weighted by Gasteiger charge is 2.14. The van der Waals surface area contributed by atoms with Gasteiger partial charge in [0.1, 0.15) is 5.69 Å². The molecule has 1 atom stereocenters. The molecule has 0 spiro atoms. The van der Waals surface area contributed by atoms with Crippen molar-refractivity contribution < 1.29 is 9.63 Å². The van der Waals surface area contributed by atoms with E-state index < -0.39 is 0 Å². The van der Waals surface area contributed by atoms with Gasteiger partial charge in [-0.1, -0.05) is 19.0 Å². The lowest BCUT2D eigenvalue weighted by molar-refractivity contribution is 0.273. The van der Waals surface area contributed by atoms with Crippen molar-refractivity contribution in [3.05, 3.63) is 11.8 Å². The molecule has 0 radical (unpaired) electrons. The Morgan fingerprint density at radius 2 is 2.27 bits per heavy atom. The van der Waals surface area contributed by atoms with Gasteiger partial charge in [-0.05, 0) is 5.92 Å². The average molecular weight is 156 g/mol. The van der Waals surface area contributed by atoms with Crippen molar-refractivity contribution in [3.63, 3.8) is 0 Å². The Bertz CT molecular complexity index is 232. The minimum atomic E-state index is -0.184. The van der Waals surface area contributed by atoms with E-state index in [1.54, 1.807) is 0 Å². The van der Waals surface area contributed by atoms with E-state index in [2.05, 4.69) is 9.68 Å². The fourth-order valence-corrected chi connectivity index (χ4v) is 0.777. The van der Waals surface area contributed by atoms with Crippen LogP contribution in [-0.2, 0) is 0 Å². The summed E-state index contributed by atoms with van der Waals surface area (Å²) in [7, 11) is 0. The zero-order chi connectivity index (χ0) is 8.43. The van der Waals surface area contributed by atoms with Crippen LogP contribution in [0.15, 0.2) is 10.6 Å². The van der Waals surface area contributed by atoms with Crippen molar-refractivity contribution in [3.8, 4) is 5.95 Å². The molecule has 1 aromatic rings. The van der Waals surface area contributed by atoms with Gasteiger partial charge in [0.2, 0.25) is 0 Å². The molecule has 4 nitrogen and oxygen atoms in total. The van der Waals surface area contributed by atoms with Gasteiger partial charge in [0, 0.05) is 6.07 Å². The van der Waals surface area contributed by atoms with Gasteiger partial charge in [-0.3, -0.25) is 0 Å². The van der Waals surface area contributed by atoms with Gasteiger partial charge in [0.05, 0.1) is 6.04 Å². The number of rotatable bonds is 2. The summed E-state index contributed by atoms with van der Waals surface area (Å²) in [5, 5.41) is 12.4. The Labute approximate surface area is 65.0 Å². The summed E-state index contributed by atoms with van der Waals surface area (Å²) < 4.78 is 4.46. The van der Waals surface area contributed by atoms with Crippen LogP contribution in [0.1, 0.15) is 25.6 Å². The van der Waals surface area contributed by atoms with Crippen molar-refractivity contribution in [2.24, 2.45) is 11.7 Å². The van der Waals surface area contributed by atoms with Crippen LogP contribution in [0.5, 0.6) is 5.95 Å². The summed E-state index contributed by atoms with van der Waals surface area (Å²) >= 11 is 0. The fourth-order valence-electron chi connectivity index (χ4n) is 0.777. The van der Waals surface area contributed by atoms with Gasteiger partial charge >= 0.3 is 5.95 Å². The molecule has 0 amide bonds. The lowest BCUT2D eigenvalue weighted by Gasteiger charge is -2.10. The highest BCUT2D eigenvalue weighted by atomic mass is 16.5. The number of aromatic nitrogens is 1. The average Bonchev–Trinajstić information content (AvgIpc) is 2.34. The van der Waals surface area contributed by atoms with Crippen molar-refractivity contribution in [1.29, 1.82) is 0 Å². The molecular weight excluding hydrogens is 144 g/mol. The van der Waals surface area contributed by atoms with Crippen molar-refractivity contribution in [1.82, 2.24) is 5.16 Å². The number of hydrogen-bond acceptors (Lipinski definition) is 4. The first-order valence-corrected chi connectivity index (χ1v) is 3.52. The summed E-state index contributed by atoms with van der Waals surface area (Å²) in [5.74, 6) is 0.107. The van der Waals surface area contributed by atoms with E-state index in [0.29, 0.717) is 11.6 Å². The Hall–Kier alpha value is -1.03. The molecule has 3 N–H and O–H groups in total. The predicted octanol–water partition coefficient (Wildman–Crippen LogP) is 1.04. The molecule has 62 valence electrons. The van der Waals surface area contributed by atoms with Gasteiger partial charge in [0.25, 0.3) is 0 Å². The van der Waals surface area contributed by atoms with Crippen LogP contribution in [0.3, 0.4) is 0 Å². The largest absolute Gasteiger partial charge is 0.479 e. The van der Waals surface area contributed by atoms with Crippen LogP contribution >= 0.6 is 0 Å². The van der Waals surface area contributed by atoms with E-state index in [0.717, 1.165) is 0 Å². The van der Waals surface area contributed by atoms with Crippen molar-refractivity contribution in [2.75, 3.05) is 0 Å². The second-order valence-corrected chi connectivity index (χ2v) is 2.86. The van der Waals surface area contributed by atoms with Crippen LogP contribution in [0, 0.1) is 5.92 Å². The standard InChI is InChI=1S/C7H12N2O2/c1-4(2)7(8)5-3-6(10)11-9-5/h3-4,7,10H,8H2,1-2H3/t7-/m0/s1. The molecule has 4 heteroatoms. The lowest BCUT2D eigenvalue weighted by atomic mass is 10.0. The number of hydrogen-bond donors (Lipinski definition) is 2. The molecule has 0 unspecified atom stereocenters. The third-order valence-electron chi connectivity index (χ3n) is 1.58. The van der Waals surface area contributed by atoms with Crippen molar-refractivity contribution >= 4 is 0 Å². The normalized spacial score (nSPS) is 13.8. The summed E-state index contributed by atoms with van der Waals surface area (Å²) in [6.07, 6.45) is 0. The number of nitrogens with zero attached hydrogens (tertiary/aromatic N) is 1. The molecule has 1 aromatic heterocycles. The van der Waals surface area contributed by atoms with Crippen LogP contribution in [0.4, 0.5) is 0 Å². The topological polar surface area (TPSA) is 72.3 Å². The maximum absolute atomic E-state index is 8.80. The number of aromatic hydroxyl groups is 1. The molecule has 0 aliphatic carbocycles. The van der Waals surface area contributed by atoms with Crippen LogP contribution in [0.2, 0.25) is 0 Å². The summed E-state index contributed by atoms with van der Waals surface area (Å²) in [6.45, 7) is 3.97. The first kappa shape index (κ1) is 8.07. The smallest absolute Gasteiger partial charge is 0.308 e. The SMILES string of the molecule is CC(C)[C@H](N)c1cc(O)on1. The fraction of sp³-hybridized carbons (Fsp3) is 0.571. The summed E-state index contributed by atoms with van der Waals surface area (Å²) in [4.78, 5) is 0. The molecule has 0 aliphatic heterocycles. The lowest BCUT2D eigenvalue weighted by Crippen LogP contribution is -2.16. The third kappa shape index (κ3) is 1.71. The van der Waals surface area contributed by atoms with Crippen LogP contribution < -0.4 is 5.73 Å². The first-order valence-electron chi connectivity index (χ1n) is 3.52. The van der Waals surface area contributed by atoms with E-state index in [4.69, 9.17) is 10.8 Å². The molecule has 11 heavy (non-hydrogen) atoms. The van der Waals surface area contributed by atoms with Gasteiger partial charge in [0.15, 0.2) is 0 Å². The van der Waals surface area contributed by atoms with Crippen LogP contribution in [-0.4, -0.2) is 10.3 Å². The van der Waals surface area contributed by atoms with Gasteiger partial charge in [-0.15, -0.1) is 0 Å². The van der Waals surface area contributed by atoms with E-state index in [1.165, 1.54) is 6.07 Å². The third-order valence-corrected chi connectivity index (χ3v) is 1.58. The van der Waals surface area contributed by atoms with Gasteiger partial charge < -0.3 is 15.4 Å². The molecule has 1 rings (SSSR count). The van der Waals surface area contributed by atoms with Gasteiger partial charge in [-0.25, -0.2) is 0 Å². The molecular formula is C7H12N2O2. The molecule has 0 saturated carbocycles. The van der Waals surface area contributed by atoms with Crippen molar-refractivity contribution in [2.45, 2.75) is 19.9 Å². The Morgan fingerprint density at radius 3 is 2.64 bits per heavy atom. The minimum Gasteiger partial charge on any atom is -0.479 e. The maximum atomic E-state index is 8.80. The molecule has 1 heterocycles. The zero-order valence-corrected chi connectivity index (χ0v) is 6.61. The molecule has 0 aromatic carbocycles. The van der Waals surface area contributed by atoms with E-state index in [-0.39, 0.29) is 12.0 Å². The summed E-state index contributed by atoms with van der Waals surface area (Å²) in [6, 6.07) is 1.27. The monoisotopic (exact) mass is 156 g/mol. The highest BCUT2D eigenvalue weighted by molar-refractivity contribution is 5.12.